The highest BCUT2D eigenvalue weighted by molar-refractivity contribution is 7.84. The van der Waals surface area contributed by atoms with Crippen LogP contribution in [0.15, 0.2) is 18.2 Å². The number of carbonyl (C=O) groups is 1. The maximum atomic E-state index is 11.1. The molecule has 0 radical (unpaired) electrons. The minimum absolute atomic E-state index is 0.257. The smallest absolute Gasteiger partial charge is 0.335 e. The molecule has 1 unspecified atom stereocenters. The van der Waals surface area contributed by atoms with Crippen LogP contribution in [0.2, 0.25) is 0 Å². The maximum absolute atomic E-state index is 11.1. The van der Waals surface area contributed by atoms with Crippen molar-refractivity contribution in [3.05, 3.63) is 29.6 Å². The van der Waals surface area contributed by atoms with Crippen LogP contribution in [-0.4, -0.2) is 36.8 Å². The number of hydrogen-bond acceptors (Lipinski definition) is 3. The van der Waals surface area contributed by atoms with Crippen molar-refractivity contribution in [2.45, 2.75) is 19.9 Å². The number of carboxylic acid groups (broad SMARTS) is 1. The van der Waals surface area contributed by atoms with Gasteiger partial charge in [-0.3, -0.25) is 4.21 Å². The normalized spacial score (nSPS) is 12.7. The van der Waals surface area contributed by atoms with Crippen molar-refractivity contribution in [3.8, 4) is 0 Å². The van der Waals surface area contributed by atoms with Crippen LogP contribution >= 0.6 is 0 Å². The molecule has 0 aliphatic heterocycles. The molecule has 102 valence electrons. The zero-order valence-corrected chi connectivity index (χ0v) is 11.7. The molecule has 0 aliphatic rings. The summed E-state index contributed by atoms with van der Waals surface area (Å²) in [6.07, 6.45) is 2.47. The predicted octanol–water partition coefficient (Wildman–Crippen LogP) is 1.81. The fraction of sp³-hybridized carbons (Fsp3) is 0.385. The van der Waals surface area contributed by atoms with Gasteiger partial charge in [0, 0.05) is 29.4 Å². The minimum atomic E-state index is -0.943. The molecule has 19 heavy (non-hydrogen) atoms. The number of aryl methyl sites for hydroxylation is 2. The van der Waals surface area contributed by atoms with Crippen LogP contribution < -0.4 is 0 Å². The second-order valence-corrected chi connectivity index (χ2v) is 6.00. The number of benzene rings is 1. The van der Waals surface area contributed by atoms with E-state index in [0.29, 0.717) is 12.3 Å². The molecule has 5 nitrogen and oxygen atoms in total. The second kappa shape index (κ2) is 5.52. The summed E-state index contributed by atoms with van der Waals surface area (Å²) in [5.74, 6) is 0.541. The molecule has 0 amide bonds. The van der Waals surface area contributed by atoms with Crippen LogP contribution in [0.3, 0.4) is 0 Å². The van der Waals surface area contributed by atoms with Crippen molar-refractivity contribution in [3.63, 3.8) is 0 Å². The third-order valence-corrected chi connectivity index (χ3v) is 3.86. The monoisotopic (exact) mass is 280 g/mol. The molecule has 0 saturated carbocycles. The summed E-state index contributed by atoms with van der Waals surface area (Å²) >= 11 is 0. The lowest BCUT2D eigenvalue weighted by molar-refractivity contribution is 0.0697. The van der Waals surface area contributed by atoms with E-state index in [0.717, 1.165) is 23.3 Å². The van der Waals surface area contributed by atoms with Crippen LogP contribution in [-0.2, 0) is 17.3 Å². The highest BCUT2D eigenvalue weighted by atomic mass is 32.2. The Labute approximate surface area is 113 Å². The van der Waals surface area contributed by atoms with Gasteiger partial charge in [0.15, 0.2) is 0 Å². The predicted molar refractivity (Wildman–Crippen MR) is 75.0 cm³/mol. The van der Waals surface area contributed by atoms with Crippen molar-refractivity contribution < 1.29 is 14.1 Å². The lowest BCUT2D eigenvalue weighted by Gasteiger charge is -2.06. The molecule has 0 saturated heterocycles. The summed E-state index contributed by atoms with van der Waals surface area (Å²) in [5.41, 5.74) is 1.87. The Balaban J connectivity index is 2.35. The molecular formula is C13H16N2O3S. The summed E-state index contributed by atoms with van der Waals surface area (Å²) < 4.78 is 13.1. The zero-order valence-electron chi connectivity index (χ0n) is 10.9. The van der Waals surface area contributed by atoms with Gasteiger partial charge in [-0.05, 0) is 31.5 Å². The first-order chi connectivity index (χ1) is 8.99. The topological polar surface area (TPSA) is 72.2 Å². The Morgan fingerprint density at radius 2 is 2.21 bits per heavy atom. The summed E-state index contributed by atoms with van der Waals surface area (Å²) in [7, 11) is -0.807. The quantitative estimate of drug-likeness (QED) is 0.906. The standard InChI is InChI=1S/C13H16N2O3S/c1-9-14-11-5-4-10(13(16)17)8-12(11)15(9)6-3-7-19(2)18/h4-5,8H,3,6-7H2,1-2H3,(H,16,17). The highest BCUT2D eigenvalue weighted by Gasteiger charge is 2.10. The molecule has 0 spiro atoms. The number of rotatable bonds is 5. The van der Waals surface area contributed by atoms with Crippen LogP contribution in [0.1, 0.15) is 22.6 Å². The Bertz CT molecular complexity index is 649. The molecule has 0 aliphatic carbocycles. The van der Waals surface area contributed by atoms with Crippen molar-refractivity contribution in [2.75, 3.05) is 12.0 Å². The van der Waals surface area contributed by atoms with E-state index in [9.17, 15) is 9.00 Å². The first-order valence-corrected chi connectivity index (χ1v) is 7.72. The van der Waals surface area contributed by atoms with Crippen molar-refractivity contribution in [1.29, 1.82) is 0 Å². The Kier molecular flexibility index (Phi) is 3.99. The van der Waals surface area contributed by atoms with E-state index in [1.165, 1.54) is 0 Å². The van der Waals surface area contributed by atoms with Crippen molar-refractivity contribution in [1.82, 2.24) is 9.55 Å². The van der Waals surface area contributed by atoms with E-state index in [-0.39, 0.29) is 5.56 Å². The number of aromatic nitrogens is 2. The van der Waals surface area contributed by atoms with E-state index in [1.54, 1.807) is 24.5 Å². The van der Waals surface area contributed by atoms with E-state index < -0.39 is 16.8 Å². The van der Waals surface area contributed by atoms with Gasteiger partial charge in [0.25, 0.3) is 0 Å². The molecule has 2 rings (SSSR count). The van der Waals surface area contributed by atoms with Gasteiger partial charge < -0.3 is 9.67 Å². The van der Waals surface area contributed by atoms with Gasteiger partial charge in [-0.2, -0.15) is 0 Å². The average Bonchev–Trinajstić information content (AvgIpc) is 2.64. The lowest BCUT2D eigenvalue weighted by atomic mass is 10.2. The van der Waals surface area contributed by atoms with Gasteiger partial charge in [-0.25, -0.2) is 9.78 Å². The summed E-state index contributed by atoms with van der Waals surface area (Å²) in [6.45, 7) is 2.59. The first-order valence-electron chi connectivity index (χ1n) is 5.99. The van der Waals surface area contributed by atoms with E-state index in [2.05, 4.69) is 4.98 Å². The average molecular weight is 280 g/mol. The van der Waals surface area contributed by atoms with Crippen LogP contribution in [0, 0.1) is 6.92 Å². The third-order valence-electron chi connectivity index (χ3n) is 3.00. The fourth-order valence-electron chi connectivity index (χ4n) is 2.08. The summed E-state index contributed by atoms with van der Waals surface area (Å²) in [5, 5.41) is 9.02. The largest absolute Gasteiger partial charge is 0.478 e. The number of aromatic carboxylic acids is 1. The summed E-state index contributed by atoms with van der Waals surface area (Å²) in [4.78, 5) is 15.4. The molecule has 6 heteroatoms. The van der Waals surface area contributed by atoms with Crippen molar-refractivity contribution >= 4 is 27.8 Å². The second-order valence-electron chi connectivity index (χ2n) is 4.45. The van der Waals surface area contributed by atoms with Gasteiger partial charge >= 0.3 is 5.97 Å². The third kappa shape index (κ3) is 3.01. The van der Waals surface area contributed by atoms with Crippen molar-refractivity contribution in [2.24, 2.45) is 0 Å². The molecule has 1 aromatic carbocycles. The Morgan fingerprint density at radius 3 is 2.84 bits per heavy atom. The van der Waals surface area contributed by atoms with Gasteiger partial charge in [0.05, 0.1) is 16.6 Å². The minimum Gasteiger partial charge on any atom is -0.478 e. The molecule has 1 atom stereocenters. The molecular weight excluding hydrogens is 264 g/mol. The van der Waals surface area contributed by atoms with Gasteiger partial charge in [0.2, 0.25) is 0 Å². The number of nitrogens with zero attached hydrogens (tertiary/aromatic N) is 2. The molecule has 1 heterocycles. The van der Waals surface area contributed by atoms with E-state index in [4.69, 9.17) is 5.11 Å². The SMILES string of the molecule is Cc1nc2ccc(C(=O)O)cc2n1CCCS(C)=O. The lowest BCUT2D eigenvalue weighted by Crippen LogP contribution is -2.05. The molecule has 1 aromatic heterocycles. The van der Waals surface area contributed by atoms with Crippen LogP contribution in [0.5, 0.6) is 0 Å². The van der Waals surface area contributed by atoms with E-state index >= 15 is 0 Å². The van der Waals surface area contributed by atoms with Crippen LogP contribution in [0.25, 0.3) is 11.0 Å². The zero-order chi connectivity index (χ0) is 14.0. The highest BCUT2D eigenvalue weighted by Crippen LogP contribution is 2.18. The summed E-state index contributed by atoms with van der Waals surface area (Å²) in [6, 6.07) is 4.92. The maximum Gasteiger partial charge on any atom is 0.335 e. The van der Waals surface area contributed by atoms with E-state index in [1.807, 2.05) is 11.5 Å². The number of fused-ring (bicyclic) bond motifs is 1. The number of hydrogen-bond donors (Lipinski definition) is 1. The number of imidazole rings is 1. The first kappa shape index (κ1) is 13.7. The molecule has 0 bridgehead atoms. The molecule has 2 aromatic rings. The van der Waals surface area contributed by atoms with Gasteiger partial charge in [-0.15, -0.1) is 0 Å². The Morgan fingerprint density at radius 1 is 1.47 bits per heavy atom. The van der Waals surface area contributed by atoms with Gasteiger partial charge in [0.1, 0.15) is 5.82 Å². The number of carboxylic acids is 1. The fourth-order valence-corrected chi connectivity index (χ4v) is 2.62. The molecule has 0 fully saturated rings. The van der Waals surface area contributed by atoms with Crippen LogP contribution in [0.4, 0.5) is 0 Å². The molecule has 1 N–H and O–H groups in total. The van der Waals surface area contributed by atoms with Gasteiger partial charge in [-0.1, -0.05) is 0 Å². The Hall–Kier alpha value is -1.69.